The van der Waals surface area contributed by atoms with E-state index in [-0.39, 0.29) is 5.78 Å². The summed E-state index contributed by atoms with van der Waals surface area (Å²) >= 11 is 3.21. The summed E-state index contributed by atoms with van der Waals surface area (Å²) in [5, 5.41) is 2.27. The van der Waals surface area contributed by atoms with E-state index < -0.39 is 0 Å². The lowest BCUT2D eigenvalue weighted by Crippen LogP contribution is -2.02. The van der Waals surface area contributed by atoms with Crippen LogP contribution in [0.1, 0.15) is 17.3 Å². The lowest BCUT2D eigenvalue weighted by Gasteiger charge is -2.10. The molecule has 0 fully saturated rings. The van der Waals surface area contributed by atoms with Gasteiger partial charge in [-0.1, -0.05) is 40.2 Å². The first-order valence-electron chi connectivity index (χ1n) is 5.51. The van der Waals surface area contributed by atoms with E-state index in [0.717, 1.165) is 22.1 Å². The van der Waals surface area contributed by atoms with Gasteiger partial charge in [0.2, 0.25) is 0 Å². The Balaban J connectivity index is 2.66. The summed E-state index contributed by atoms with van der Waals surface area (Å²) in [4.78, 5) is 11.8. The van der Waals surface area contributed by atoms with Crippen molar-refractivity contribution >= 4 is 32.5 Å². The molecule has 0 amide bonds. The lowest BCUT2D eigenvalue weighted by atomic mass is 10.0. The first-order valence-corrected chi connectivity index (χ1v) is 6.63. The van der Waals surface area contributed by atoms with E-state index in [1.807, 2.05) is 43.3 Å². The predicted molar refractivity (Wildman–Crippen MR) is 73.2 cm³/mol. The Hall–Kier alpha value is -1.35. The molecule has 0 saturated heterocycles. The molecule has 2 nitrogen and oxygen atoms in total. The summed E-state index contributed by atoms with van der Waals surface area (Å²) in [6, 6.07) is 11.5. The molecule has 17 heavy (non-hydrogen) atoms. The molecule has 0 atom stereocenters. The topological polar surface area (TPSA) is 26.3 Å². The number of benzene rings is 2. The van der Waals surface area contributed by atoms with E-state index in [4.69, 9.17) is 4.74 Å². The van der Waals surface area contributed by atoms with Crippen molar-refractivity contribution in [1.29, 1.82) is 0 Å². The Kier molecular flexibility index (Phi) is 3.79. The molecule has 0 spiro atoms. The molecule has 0 aliphatic rings. The van der Waals surface area contributed by atoms with Gasteiger partial charge in [-0.25, -0.2) is 0 Å². The van der Waals surface area contributed by atoms with Crippen LogP contribution in [0.4, 0.5) is 0 Å². The fourth-order valence-corrected chi connectivity index (χ4v) is 2.17. The van der Waals surface area contributed by atoms with Gasteiger partial charge < -0.3 is 4.74 Å². The number of rotatable bonds is 4. The van der Waals surface area contributed by atoms with E-state index in [1.54, 1.807) is 0 Å². The SMILES string of the molecule is CCOc1ccc(C(=O)CBr)c2ccccc12. The van der Waals surface area contributed by atoms with Crippen LogP contribution < -0.4 is 4.74 Å². The monoisotopic (exact) mass is 292 g/mol. The van der Waals surface area contributed by atoms with Gasteiger partial charge in [-0.2, -0.15) is 0 Å². The third kappa shape index (κ3) is 2.34. The summed E-state index contributed by atoms with van der Waals surface area (Å²) in [5.41, 5.74) is 0.737. The average Bonchev–Trinajstić information content (AvgIpc) is 2.38. The summed E-state index contributed by atoms with van der Waals surface area (Å²) in [6.45, 7) is 2.57. The van der Waals surface area contributed by atoms with Crippen molar-refractivity contribution in [3.05, 3.63) is 42.0 Å². The second kappa shape index (κ2) is 5.32. The number of alkyl halides is 1. The van der Waals surface area contributed by atoms with Crippen LogP contribution in [0.15, 0.2) is 36.4 Å². The Bertz CT molecular complexity index is 549. The molecule has 2 aromatic rings. The minimum Gasteiger partial charge on any atom is -0.493 e. The quantitative estimate of drug-likeness (QED) is 0.633. The second-order valence-corrected chi connectivity index (χ2v) is 4.21. The number of carbonyl (C=O) groups excluding carboxylic acids is 1. The van der Waals surface area contributed by atoms with Crippen LogP contribution in [-0.4, -0.2) is 17.7 Å². The first-order chi connectivity index (χ1) is 8.27. The number of halogens is 1. The maximum absolute atomic E-state index is 11.8. The molecule has 0 bridgehead atoms. The highest BCUT2D eigenvalue weighted by molar-refractivity contribution is 9.09. The van der Waals surface area contributed by atoms with Crippen LogP contribution in [0.25, 0.3) is 10.8 Å². The number of carbonyl (C=O) groups is 1. The van der Waals surface area contributed by atoms with Gasteiger partial charge in [0.15, 0.2) is 5.78 Å². The number of Topliss-reactive ketones (excluding diaryl/α,β-unsaturated/α-hetero) is 1. The van der Waals surface area contributed by atoms with Crippen molar-refractivity contribution < 1.29 is 9.53 Å². The highest BCUT2D eigenvalue weighted by Crippen LogP contribution is 2.29. The van der Waals surface area contributed by atoms with Gasteiger partial charge in [0.1, 0.15) is 5.75 Å². The second-order valence-electron chi connectivity index (χ2n) is 3.65. The average molecular weight is 293 g/mol. The van der Waals surface area contributed by atoms with Crippen molar-refractivity contribution in [1.82, 2.24) is 0 Å². The van der Waals surface area contributed by atoms with Crippen molar-refractivity contribution in [3.8, 4) is 5.75 Å². The molecule has 0 aromatic heterocycles. The number of hydrogen-bond acceptors (Lipinski definition) is 2. The van der Waals surface area contributed by atoms with E-state index in [1.165, 1.54) is 0 Å². The van der Waals surface area contributed by atoms with Crippen molar-refractivity contribution in [2.75, 3.05) is 11.9 Å². The molecule has 0 N–H and O–H groups in total. The lowest BCUT2D eigenvalue weighted by molar-refractivity contribution is 0.102. The Morgan fingerprint density at radius 2 is 1.88 bits per heavy atom. The van der Waals surface area contributed by atoms with Crippen molar-refractivity contribution in [2.45, 2.75) is 6.92 Å². The van der Waals surface area contributed by atoms with Crippen LogP contribution in [-0.2, 0) is 0 Å². The maximum Gasteiger partial charge on any atom is 0.173 e. The first kappa shape index (κ1) is 12.1. The van der Waals surface area contributed by atoms with Crippen molar-refractivity contribution in [3.63, 3.8) is 0 Å². The third-order valence-corrected chi connectivity index (χ3v) is 3.11. The standard InChI is InChI=1S/C14H13BrO2/c1-2-17-14-8-7-11(13(16)9-15)10-5-3-4-6-12(10)14/h3-8H,2,9H2,1H3. The third-order valence-electron chi connectivity index (χ3n) is 2.61. The number of ether oxygens (including phenoxy) is 1. The predicted octanol–water partition coefficient (Wildman–Crippen LogP) is 3.82. The Labute approximate surface area is 109 Å². The number of fused-ring (bicyclic) bond motifs is 1. The fraction of sp³-hybridized carbons (Fsp3) is 0.214. The van der Waals surface area contributed by atoms with Gasteiger partial charge in [0, 0.05) is 10.9 Å². The maximum atomic E-state index is 11.8. The molecule has 0 aliphatic carbocycles. The summed E-state index contributed by atoms with van der Waals surface area (Å²) in [6.07, 6.45) is 0. The van der Waals surface area contributed by atoms with Gasteiger partial charge in [-0.3, -0.25) is 4.79 Å². The molecule has 0 radical (unpaired) electrons. The van der Waals surface area contributed by atoms with Gasteiger partial charge >= 0.3 is 0 Å². The Morgan fingerprint density at radius 1 is 1.18 bits per heavy atom. The number of hydrogen-bond donors (Lipinski definition) is 0. The molecule has 2 aromatic carbocycles. The molecular weight excluding hydrogens is 280 g/mol. The molecule has 2 rings (SSSR count). The highest BCUT2D eigenvalue weighted by Gasteiger charge is 2.11. The molecular formula is C14H13BrO2. The van der Waals surface area contributed by atoms with Crippen LogP contribution in [0.3, 0.4) is 0 Å². The molecule has 0 heterocycles. The van der Waals surface area contributed by atoms with E-state index >= 15 is 0 Å². The minimum absolute atomic E-state index is 0.0873. The molecule has 0 unspecified atom stereocenters. The fourth-order valence-electron chi connectivity index (χ4n) is 1.87. The minimum atomic E-state index is 0.0873. The molecule has 88 valence electrons. The summed E-state index contributed by atoms with van der Waals surface area (Å²) in [7, 11) is 0. The van der Waals surface area contributed by atoms with Crippen LogP contribution in [0.5, 0.6) is 5.75 Å². The smallest absolute Gasteiger partial charge is 0.173 e. The van der Waals surface area contributed by atoms with Crippen LogP contribution >= 0.6 is 15.9 Å². The highest BCUT2D eigenvalue weighted by atomic mass is 79.9. The zero-order valence-electron chi connectivity index (χ0n) is 9.57. The summed E-state index contributed by atoms with van der Waals surface area (Å²) in [5.74, 6) is 0.915. The van der Waals surface area contributed by atoms with Gasteiger partial charge in [0.25, 0.3) is 0 Å². The van der Waals surface area contributed by atoms with Crippen LogP contribution in [0, 0.1) is 0 Å². The van der Waals surface area contributed by atoms with E-state index in [2.05, 4.69) is 15.9 Å². The van der Waals surface area contributed by atoms with E-state index in [0.29, 0.717) is 11.9 Å². The van der Waals surface area contributed by atoms with Gasteiger partial charge in [-0.15, -0.1) is 0 Å². The number of ketones is 1. The summed E-state index contributed by atoms with van der Waals surface area (Å²) < 4.78 is 5.56. The van der Waals surface area contributed by atoms with Gasteiger partial charge in [0.05, 0.1) is 11.9 Å². The Morgan fingerprint density at radius 3 is 2.53 bits per heavy atom. The molecule has 0 saturated carbocycles. The zero-order valence-corrected chi connectivity index (χ0v) is 11.2. The van der Waals surface area contributed by atoms with Crippen molar-refractivity contribution in [2.24, 2.45) is 0 Å². The van der Waals surface area contributed by atoms with Gasteiger partial charge in [-0.05, 0) is 24.4 Å². The normalized spacial score (nSPS) is 10.5. The molecule has 0 aliphatic heterocycles. The zero-order chi connectivity index (χ0) is 12.3. The largest absolute Gasteiger partial charge is 0.493 e. The van der Waals surface area contributed by atoms with E-state index in [9.17, 15) is 4.79 Å². The molecule has 3 heteroatoms. The van der Waals surface area contributed by atoms with Crippen LogP contribution in [0.2, 0.25) is 0 Å².